The fraction of sp³-hybridized carbons (Fsp3) is 0.500. The Morgan fingerprint density at radius 2 is 2.22 bits per heavy atom. The number of benzene rings is 1. The molecule has 18 heavy (non-hydrogen) atoms. The van der Waals surface area contributed by atoms with Crippen LogP contribution in [0.25, 0.3) is 0 Å². The third kappa shape index (κ3) is 2.68. The van der Waals surface area contributed by atoms with Crippen LogP contribution in [0.5, 0.6) is 0 Å². The van der Waals surface area contributed by atoms with Gasteiger partial charge < -0.3 is 10.0 Å². The molecule has 1 fully saturated rings. The molecule has 1 aliphatic rings. The summed E-state index contributed by atoms with van der Waals surface area (Å²) >= 11 is 3.42. The molecule has 0 spiro atoms. The Balaban J connectivity index is 2.39. The lowest BCUT2D eigenvalue weighted by atomic mass is 10.1. The quantitative estimate of drug-likeness (QED) is 0.913. The lowest BCUT2D eigenvalue weighted by molar-refractivity contribution is 0.255. The minimum absolute atomic E-state index is 0.133. The number of nitrogens with zero attached hydrogens (tertiary/aromatic N) is 2. The molecule has 0 saturated carbocycles. The number of aliphatic hydroxyl groups excluding tert-OH is 1. The Bertz CT molecular complexity index is 456. The van der Waals surface area contributed by atoms with Crippen LogP contribution in [0, 0.1) is 11.3 Å². The maximum Gasteiger partial charge on any atom is 0.103 e. The molecule has 3 nitrogen and oxygen atoms in total. The average Bonchev–Trinajstić information content (AvgIpc) is 2.63. The molecule has 0 bridgehead atoms. The van der Waals surface area contributed by atoms with Gasteiger partial charge in [-0.3, -0.25) is 0 Å². The van der Waals surface area contributed by atoms with Crippen molar-refractivity contribution in [2.45, 2.75) is 31.7 Å². The fourth-order valence-corrected chi connectivity index (χ4v) is 2.99. The zero-order chi connectivity index (χ0) is 13.0. The molecule has 96 valence electrons. The smallest absolute Gasteiger partial charge is 0.103 e. The van der Waals surface area contributed by atoms with Gasteiger partial charge in [0.2, 0.25) is 0 Å². The molecule has 1 aromatic rings. The van der Waals surface area contributed by atoms with Crippen LogP contribution in [-0.4, -0.2) is 24.3 Å². The van der Waals surface area contributed by atoms with E-state index in [-0.39, 0.29) is 12.6 Å². The summed E-state index contributed by atoms with van der Waals surface area (Å²) in [5.41, 5.74) is 1.60. The van der Waals surface area contributed by atoms with Crippen LogP contribution in [0.15, 0.2) is 22.7 Å². The second-order valence-corrected chi connectivity index (χ2v) is 5.48. The second-order valence-electron chi connectivity index (χ2n) is 4.62. The largest absolute Gasteiger partial charge is 0.394 e. The molecule has 1 aromatic carbocycles. The second kappa shape index (κ2) is 6.21. The standard InChI is InChI=1S/C14H17BrN2O/c15-13-6-4-7-14(12(13)9-16)17-8-3-1-2-5-11(17)10-18/h4,6-7,11,18H,1-3,5,8,10H2. The van der Waals surface area contributed by atoms with Crippen molar-refractivity contribution in [2.24, 2.45) is 0 Å². The zero-order valence-electron chi connectivity index (χ0n) is 10.3. The van der Waals surface area contributed by atoms with E-state index in [0.717, 1.165) is 36.0 Å². The Hall–Kier alpha value is -1.05. The predicted molar refractivity (Wildman–Crippen MR) is 75.5 cm³/mol. The molecular formula is C14H17BrN2O. The van der Waals surface area contributed by atoms with Gasteiger partial charge in [-0.05, 0) is 40.9 Å². The summed E-state index contributed by atoms with van der Waals surface area (Å²) in [6.07, 6.45) is 4.46. The van der Waals surface area contributed by atoms with Crippen LogP contribution in [0.2, 0.25) is 0 Å². The Morgan fingerprint density at radius 3 is 2.94 bits per heavy atom. The van der Waals surface area contributed by atoms with Crippen LogP contribution in [0.1, 0.15) is 31.2 Å². The maximum absolute atomic E-state index is 9.54. The molecular weight excluding hydrogens is 292 g/mol. The van der Waals surface area contributed by atoms with E-state index in [9.17, 15) is 10.4 Å². The number of anilines is 1. The number of hydrogen-bond donors (Lipinski definition) is 1. The third-order valence-electron chi connectivity index (χ3n) is 3.50. The number of rotatable bonds is 2. The van der Waals surface area contributed by atoms with Crippen LogP contribution in [-0.2, 0) is 0 Å². The summed E-state index contributed by atoms with van der Waals surface area (Å²) in [6, 6.07) is 8.19. The number of halogens is 1. The van der Waals surface area contributed by atoms with Gasteiger partial charge in [-0.25, -0.2) is 0 Å². The Kier molecular flexibility index (Phi) is 4.62. The molecule has 1 aliphatic heterocycles. The molecule has 2 rings (SSSR count). The van der Waals surface area contributed by atoms with Crippen molar-refractivity contribution in [1.29, 1.82) is 5.26 Å². The fourth-order valence-electron chi connectivity index (χ4n) is 2.55. The van der Waals surface area contributed by atoms with Gasteiger partial charge in [-0.2, -0.15) is 5.26 Å². The van der Waals surface area contributed by atoms with Crippen LogP contribution >= 0.6 is 15.9 Å². The van der Waals surface area contributed by atoms with E-state index in [1.54, 1.807) is 0 Å². The number of nitriles is 1. The summed E-state index contributed by atoms with van der Waals surface area (Å²) in [4.78, 5) is 2.19. The van der Waals surface area contributed by atoms with Gasteiger partial charge in [-0.1, -0.05) is 18.9 Å². The van der Waals surface area contributed by atoms with Gasteiger partial charge in [0.25, 0.3) is 0 Å². The first kappa shape index (κ1) is 13.4. The lowest BCUT2D eigenvalue weighted by Crippen LogP contribution is -2.38. The van der Waals surface area contributed by atoms with E-state index in [2.05, 4.69) is 26.9 Å². The van der Waals surface area contributed by atoms with Crippen molar-refractivity contribution >= 4 is 21.6 Å². The van der Waals surface area contributed by atoms with Gasteiger partial charge in [0, 0.05) is 11.0 Å². The van der Waals surface area contributed by atoms with Crippen molar-refractivity contribution in [3.8, 4) is 6.07 Å². The van der Waals surface area contributed by atoms with Crippen molar-refractivity contribution in [1.82, 2.24) is 0 Å². The predicted octanol–water partition coefficient (Wildman–Crippen LogP) is 3.06. The molecule has 0 amide bonds. The summed E-state index contributed by atoms with van der Waals surface area (Å²) in [7, 11) is 0. The van der Waals surface area contributed by atoms with E-state index in [4.69, 9.17) is 0 Å². The highest BCUT2D eigenvalue weighted by Gasteiger charge is 2.23. The van der Waals surface area contributed by atoms with E-state index in [1.165, 1.54) is 6.42 Å². The zero-order valence-corrected chi connectivity index (χ0v) is 11.9. The molecule has 0 radical (unpaired) electrons. The highest BCUT2D eigenvalue weighted by molar-refractivity contribution is 9.10. The minimum atomic E-state index is 0.133. The first-order valence-corrected chi connectivity index (χ1v) is 7.13. The van der Waals surface area contributed by atoms with Gasteiger partial charge in [0.05, 0.1) is 23.9 Å². The number of hydrogen-bond acceptors (Lipinski definition) is 3. The van der Waals surface area contributed by atoms with Gasteiger partial charge >= 0.3 is 0 Å². The van der Waals surface area contributed by atoms with Gasteiger partial charge in [0.1, 0.15) is 6.07 Å². The van der Waals surface area contributed by atoms with Crippen molar-refractivity contribution in [2.75, 3.05) is 18.1 Å². The van der Waals surface area contributed by atoms with E-state index in [0.29, 0.717) is 5.56 Å². The Morgan fingerprint density at radius 1 is 1.39 bits per heavy atom. The average molecular weight is 309 g/mol. The maximum atomic E-state index is 9.54. The van der Waals surface area contributed by atoms with Gasteiger partial charge in [-0.15, -0.1) is 0 Å². The minimum Gasteiger partial charge on any atom is -0.394 e. The SMILES string of the molecule is N#Cc1c(Br)cccc1N1CCCCCC1CO. The molecule has 1 saturated heterocycles. The first-order chi connectivity index (χ1) is 8.77. The normalized spacial score (nSPS) is 20.3. The van der Waals surface area contributed by atoms with Crippen LogP contribution in [0.3, 0.4) is 0 Å². The molecule has 1 unspecified atom stereocenters. The van der Waals surface area contributed by atoms with Gasteiger partial charge in [0.15, 0.2) is 0 Å². The summed E-state index contributed by atoms with van der Waals surface area (Å²) in [5.74, 6) is 0. The van der Waals surface area contributed by atoms with E-state index in [1.807, 2.05) is 18.2 Å². The Labute approximate surface area is 116 Å². The molecule has 0 aromatic heterocycles. The highest BCUT2D eigenvalue weighted by Crippen LogP contribution is 2.31. The third-order valence-corrected chi connectivity index (χ3v) is 4.16. The topological polar surface area (TPSA) is 47.3 Å². The van der Waals surface area contributed by atoms with E-state index < -0.39 is 0 Å². The molecule has 4 heteroatoms. The molecule has 0 aliphatic carbocycles. The lowest BCUT2D eigenvalue weighted by Gasteiger charge is -2.31. The van der Waals surface area contributed by atoms with Crippen molar-refractivity contribution in [3.05, 3.63) is 28.2 Å². The molecule has 1 N–H and O–H groups in total. The summed E-state index contributed by atoms with van der Waals surface area (Å²) in [6.45, 7) is 1.06. The molecule has 1 heterocycles. The van der Waals surface area contributed by atoms with Crippen LogP contribution in [0.4, 0.5) is 5.69 Å². The van der Waals surface area contributed by atoms with Crippen molar-refractivity contribution in [3.63, 3.8) is 0 Å². The molecule has 1 atom stereocenters. The number of aliphatic hydroxyl groups is 1. The van der Waals surface area contributed by atoms with E-state index >= 15 is 0 Å². The first-order valence-electron chi connectivity index (χ1n) is 6.34. The van der Waals surface area contributed by atoms with Crippen LogP contribution < -0.4 is 4.90 Å². The highest BCUT2D eigenvalue weighted by atomic mass is 79.9. The summed E-state index contributed by atoms with van der Waals surface area (Å²) in [5, 5.41) is 18.8. The van der Waals surface area contributed by atoms with Crippen molar-refractivity contribution < 1.29 is 5.11 Å². The monoisotopic (exact) mass is 308 g/mol. The summed E-state index contributed by atoms with van der Waals surface area (Å²) < 4.78 is 0.823.